The van der Waals surface area contributed by atoms with E-state index in [4.69, 9.17) is 4.74 Å². The minimum absolute atomic E-state index is 0.552. The molecule has 2 aromatic rings. The van der Waals surface area contributed by atoms with Gasteiger partial charge >= 0.3 is 0 Å². The van der Waals surface area contributed by atoms with E-state index in [-0.39, 0.29) is 0 Å². The Morgan fingerprint density at radius 1 is 1.11 bits per heavy atom. The van der Waals surface area contributed by atoms with Crippen LogP contribution in [0.5, 0.6) is 0 Å². The summed E-state index contributed by atoms with van der Waals surface area (Å²) >= 11 is 0. The third kappa shape index (κ3) is 1.74. The van der Waals surface area contributed by atoms with Crippen LogP contribution in [0.15, 0.2) is 30.5 Å². The van der Waals surface area contributed by atoms with Gasteiger partial charge in [-0.2, -0.15) is 0 Å². The van der Waals surface area contributed by atoms with Crippen LogP contribution in [-0.2, 0) is 4.74 Å². The third-order valence-electron chi connectivity index (χ3n) is 3.69. The first-order valence-corrected chi connectivity index (χ1v) is 6.09. The van der Waals surface area contributed by atoms with Gasteiger partial charge in [0, 0.05) is 24.3 Å². The number of methoxy groups -OCH3 is 1. The Bertz CT molecular complexity index is 615. The van der Waals surface area contributed by atoms with Gasteiger partial charge < -0.3 is 20.1 Å². The minimum atomic E-state index is -1.27. The number of fused-ring (bicyclic) bond motifs is 3. The lowest BCUT2D eigenvalue weighted by Crippen LogP contribution is -2.42. The molecule has 0 unspecified atom stereocenters. The Labute approximate surface area is 110 Å². The molecule has 19 heavy (non-hydrogen) atoms. The van der Waals surface area contributed by atoms with Crippen LogP contribution in [0.2, 0.25) is 0 Å². The minimum Gasteiger partial charge on any atom is -0.387 e. The molecule has 1 aromatic heterocycles. The van der Waals surface area contributed by atoms with E-state index in [1.807, 2.05) is 18.2 Å². The molecule has 1 aromatic carbocycles. The molecular formula is C14H15NO4. The van der Waals surface area contributed by atoms with Crippen LogP contribution in [0, 0.1) is 0 Å². The van der Waals surface area contributed by atoms with Gasteiger partial charge in [0.2, 0.25) is 0 Å². The first kappa shape index (κ1) is 12.5. The van der Waals surface area contributed by atoms with Gasteiger partial charge in [-0.1, -0.05) is 18.2 Å². The first-order valence-electron chi connectivity index (χ1n) is 6.09. The van der Waals surface area contributed by atoms with Crippen molar-refractivity contribution in [2.75, 3.05) is 7.11 Å². The van der Waals surface area contributed by atoms with E-state index in [2.05, 4.69) is 4.98 Å². The van der Waals surface area contributed by atoms with Crippen molar-refractivity contribution in [3.8, 4) is 0 Å². The molecule has 1 heterocycles. The summed E-state index contributed by atoms with van der Waals surface area (Å²) in [5.74, 6) is 0. The highest BCUT2D eigenvalue weighted by atomic mass is 16.5. The van der Waals surface area contributed by atoms with Gasteiger partial charge in [-0.05, 0) is 11.6 Å². The number of ether oxygens (including phenoxy) is 1. The van der Waals surface area contributed by atoms with E-state index in [0.29, 0.717) is 16.6 Å². The van der Waals surface area contributed by atoms with Crippen LogP contribution in [0.25, 0.3) is 10.9 Å². The standard InChI is InChI=1S/C14H15NO4/c1-19-14-9-8(11(16)12(17)13(14)18)5-4-7-3-2-6-15-10(7)9/h2-6,11-14,16-18H,1H3/t11-,12+,13+,14+/m1/s1. The number of pyridine rings is 1. The molecule has 0 aliphatic heterocycles. The second kappa shape index (κ2) is 4.54. The van der Waals surface area contributed by atoms with Crippen molar-refractivity contribution in [3.05, 3.63) is 41.6 Å². The van der Waals surface area contributed by atoms with Crippen molar-refractivity contribution in [1.82, 2.24) is 4.98 Å². The molecule has 3 rings (SSSR count). The highest BCUT2D eigenvalue weighted by Gasteiger charge is 2.41. The van der Waals surface area contributed by atoms with Crippen LogP contribution in [0.4, 0.5) is 0 Å². The molecule has 0 saturated heterocycles. The third-order valence-corrected chi connectivity index (χ3v) is 3.69. The van der Waals surface area contributed by atoms with E-state index in [1.54, 1.807) is 12.3 Å². The number of hydrogen-bond donors (Lipinski definition) is 3. The molecule has 3 N–H and O–H groups in total. The number of nitrogens with zero attached hydrogens (tertiary/aromatic N) is 1. The number of aromatic nitrogens is 1. The van der Waals surface area contributed by atoms with Gasteiger partial charge in [0.1, 0.15) is 24.4 Å². The summed E-state index contributed by atoms with van der Waals surface area (Å²) in [6.45, 7) is 0. The Morgan fingerprint density at radius 2 is 1.89 bits per heavy atom. The van der Waals surface area contributed by atoms with Gasteiger partial charge in [-0.15, -0.1) is 0 Å². The van der Waals surface area contributed by atoms with E-state index >= 15 is 0 Å². The van der Waals surface area contributed by atoms with Gasteiger partial charge in [0.15, 0.2) is 0 Å². The second-order valence-corrected chi connectivity index (χ2v) is 4.73. The lowest BCUT2D eigenvalue weighted by molar-refractivity contribution is -0.129. The molecule has 0 spiro atoms. The lowest BCUT2D eigenvalue weighted by Gasteiger charge is -2.36. The molecule has 5 heteroatoms. The SMILES string of the molecule is CO[C@H]1c2c(ccc3cccnc23)[C@@H](O)[C@H](O)[C@@H]1O. The zero-order chi connectivity index (χ0) is 13.6. The normalized spacial score (nSPS) is 30.3. The van der Waals surface area contributed by atoms with E-state index in [9.17, 15) is 15.3 Å². The van der Waals surface area contributed by atoms with Crippen molar-refractivity contribution in [2.45, 2.75) is 24.4 Å². The van der Waals surface area contributed by atoms with Crippen molar-refractivity contribution in [3.63, 3.8) is 0 Å². The van der Waals surface area contributed by atoms with Crippen LogP contribution < -0.4 is 0 Å². The average Bonchev–Trinajstić information content (AvgIpc) is 2.45. The summed E-state index contributed by atoms with van der Waals surface area (Å²) < 4.78 is 5.30. The van der Waals surface area contributed by atoms with Gasteiger partial charge in [0.05, 0.1) is 5.52 Å². The molecule has 0 amide bonds. The molecule has 4 atom stereocenters. The summed E-state index contributed by atoms with van der Waals surface area (Å²) in [5, 5.41) is 30.9. The van der Waals surface area contributed by atoms with Crippen molar-refractivity contribution in [1.29, 1.82) is 0 Å². The number of rotatable bonds is 1. The quantitative estimate of drug-likeness (QED) is 0.703. The number of hydrogen-bond acceptors (Lipinski definition) is 5. The predicted octanol–water partition coefficient (Wildman–Crippen LogP) is 0.691. The fourth-order valence-corrected chi connectivity index (χ4v) is 2.72. The van der Waals surface area contributed by atoms with Crippen LogP contribution in [-0.4, -0.2) is 39.6 Å². The van der Waals surface area contributed by atoms with Gasteiger partial charge in [-0.3, -0.25) is 4.98 Å². The highest BCUT2D eigenvalue weighted by molar-refractivity contribution is 5.83. The zero-order valence-corrected chi connectivity index (χ0v) is 10.4. The summed E-state index contributed by atoms with van der Waals surface area (Å²) in [7, 11) is 1.46. The summed E-state index contributed by atoms with van der Waals surface area (Å²) in [4.78, 5) is 4.30. The van der Waals surface area contributed by atoms with Gasteiger partial charge in [-0.25, -0.2) is 0 Å². The highest BCUT2D eigenvalue weighted by Crippen LogP contribution is 2.41. The fourth-order valence-electron chi connectivity index (χ4n) is 2.72. The second-order valence-electron chi connectivity index (χ2n) is 4.73. The average molecular weight is 261 g/mol. The lowest BCUT2D eigenvalue weighted by atomic mass is 9.82. The zero-order valence-electron chi connectivity index (χ0n) is 10.4. The molecule has 1 aliphatic rings. The van der Waals surface area contributed by atoms with E-state index < -0.39 is 24.4 Å². The largest absolute Gasteiger partial charge is 0.387 e. The Kier molecular flexibility index (Phi) is 2.99. The molecule has 0 fully saturated rings. The molecule has 0 saturated carbocycles. The van der Waals surface area contributed by atoms with Crippen molar-refractivity contribution >= 4 is 10.9 Å². The Balaban J connectivity index is 2.32. The maximum Gasteiger partial charge on any atom is 0.113 e. The van der Waals surface area contributed by atoms with Crippen molar-refractivity contribution in [2.24, 2.45) is 0 Å². The van der Waals surface area contributed by atoms with Crippen LogP contribution >= 0.6 is 0 Å². The number of benzene rings is 1. The van der Waals surface area contributed by atoms with Crippen LogP contribution in [0.3, 0.4) is 0 Å². The molecule has 0 radical (unpaired) electrons. The maximum absolute atomic E-state index is 10.1. The topological polar surface area (TPSA) is 82.8 Å². The molecule has 1 aliphatic carbocycles. The first-order chi connectivity index (χ1) is 9.15. The smallest absolute Gasteiger partial charge is 0.113 e. The monoisotopic (exact) mass is 261 g/mol. The molecular weight excluding hydrogens is 246 g/mol. The Hall–Kier alpha value is -1.53. The Morgan fingerprint density at radius 3 is 2.63 bits per heavy atom. The fraction of sp³-hybridized carbons (Fsp3) is 0.357. The number of aliphatic hydroxyl groups excluding tert-OH is 3. The summed E-state index contributed by atoms with van der Waals surface area (Å²) in [6, 6.07) is 7.30. The van der Waals surface area contributed by atoms with Gasteiger partial charge in [0.25, 0.3) is 0 Å². The number of aliphatic hydroxyl groups is 3. The maximum atomic E-state index is 10.1. The van der Waals surface area contributed by atoms with Crippen molar-refractivity contribution < 1.29 is 20.1 Å². The molecule has 100 valence electrons. The molecule has 5 nitrogen and oxygen atoms in total. The van der Waals surface area contributed by atoms with Crippen LogP contribution in [0.1, 0.15) is 23.3 Å². The van der Waals surface area contributed by atoms with E-state index in [1.165, 1.54) is 7.11 Å². The molecule has 0 bridgehead atoms. The van der Waals surface area contributed by atoms with E-state index in [0.717, 1.165) is 5.39 Å². The summed E-state index contributed by atoms with van der Waals surface area (Å²) in [5.41, 5.74) is 1.87. The summed E-state index contributed by atoms with van der Waals surface area (Å²) in [6.07, 6.45) is -2.63. The predicted molar refractivity (Wildman–Crippen MR) is 68.5 cm³/mol.